The highest BCUT2D eigenvalue weighted by Crippen LogP contribution is 2.27. The number of H-pyrrole nitrogens is 2. The minimum absolute atomic E-state index is 0.220. The molecule has 2 aromatic rings. The van der Waals surface area contributed by atoms with Gasteiger partial charge in [0.2, 0.25) is 10.0 Å². The van der Waals surface area contributed by atoms with E-state index in [1.807, 2.05) is 0 Å². The number of nitrogens with one attached hydrogen (secondary N) is 3. The van der Waals surface area contributed by atoms with Crippen molar-refractivity contribution in [1.29, 1.82) is 0 Å². The lowest BCUT2D eigenvalue weighted by Gasteiger charge is -2.09. The zero-order valence-corrected chi connectivity index (χ0v) is 12.3. The third kappa shape index (κ3) is 3.39. The molecule has 0 spiro atoms. The van der Waals surface area contributed by atoms with E-state index in [9.17, 15) is 18.0 Å². The molecule has 1 aromatic heterocycles. The fourth-order valence-corrected chi connectivity index (χ4v) is 3.20. The van der Waals surface area contributed by atoms with E-state index < -0.39 is 33.9 Å². The number of benzene rings is 1. The maximum absolute atomic E-state index is 11.7. The monoisotopic (exact) mass is 363 g/mol. The van der Waals surface area contributed by atoms with Crippen molar-refractivity contribution in [2.75, 3.05) is 10.5 Å². The molecule has 0 unspecified atom stereocenters. The summed E-state index contributed by atoms with van der Waals surface area (Å²) < 4.78 is 26.1. The molecule has 0 radical (unpaired) electrons. The Labute approximate surface area is 121 Å². The van der Waals surface area contributed by atoms with Gasteiger partial charge in [-0.2, -0.15) is 0 Å². The van der Waals surface area contributed by atoms with Crippen LogP contribution >= 0.6 is 15.9 Å². The van der Waals surface area contributed by atoms with Crippen LogP contribution in [0.3, 0.4) is 0 Å². The Bertz CT molecular complexity index is 823. The molecule has 0 amide bonds. The average molecular weight is 364 g/mol. The van der Waals surface area contributed by atoms with Crippen molar-refractivity contribution < 1.29 is 18.3 Å². The van der Waals surface area contributed by atoms with E-state index in [0.717, 1.165) is 0 Å². The molecule has 8 nitrogen and oxygen atoms in total. The molecule has 2 rings (SSSR count). The van der Waals surface area contributed by atoms with Gasteiger partial charge in [0.05, 0.1) is 28.9 Å². The zero-order valence-electron chi connectivity index (χ0n) is 9.94. The van der Waals surface area contributed by atoms with E-state index in [0.29, 0.717) is 15.5 Å². The number of fused-ring (bicyclic) bond motifs is 1. The Morgan fingerprint density at radius 2 is 1.90 bits per heavy atom. The number of aliphatic carboxylic acids is 1. The Morgan fingerprint density at radius 1 is 1.30 bits per heavy atom. The number of hydrogen-bond acceptors (Lipinski definition) is 4. The smallest absolute Gasteiger partial charge is 0.323 e. The van der Waals surface area contributed by atoms with Crippen molar-refractivity contribution in [2.45, 2.75) is 6.42 Å². The van der Waals surface area contributed by atoms with Gasteiger partial charge >= 0.3 is 11.7 Å². The lowest BCUT2D eigenvalue weighted by atomic mass is 10.3. The molecule has 0 atom stereocenters. The molecule has 1 heterocycles. The van der Waals surface area contributed by atoms with Crippen LogP contribution in [0.1, 0.15) is 6.42 Å². The standard InChI is InChI=1S/C10H10BrN3O5S/c11-5-3-7-8(13-10(17)12-7)4-6(5)14-20(18,19)2-1-9(15)16/h3-4,14H,1-2H2,(H,15,16)(H2,12,13,17). The number of rotatable bonds is 5. The number of hydrogen-bond donors (Lipinski definition) is 4. The summed E-state index contributed by atoms with van der Waals surface area (Å²) in [5.41, 5.74) is 0.778. The molecule has 1 aromatic carbocycles. The molecule has 0 saturated carbocycles. The molecule has 0 aliphatic carbocycles. The van der Waals surface area contributed by atoms with Gasteiger partial charge in [-0.15, -0.1) is 0 Å². The van der Waals surface area contributed by atoms with Gasteiger partial charge in [0.1, 0.15) is 0 Å². The SMILES string of the molecule is O=C(O)CCS(=O)(=O)Nc1cc2[nH]c(=O)[nH]c2cc1Br. The molecule has 108 valence electrons. The van der Waals surface area contributed by atoms with Crippen molar-refractivity contribution in [2.24, 2.45) is 0 Å². The van der Waals surface area contributed by atoms with E-state index in [2.05, 4.69) is 30.6 Å². The number of halogens is 1. The van der Waals surface area contributed by atoms with Gasteiger partial charge < -0.3 is 15.1 Å². The van der Waals surface area contributed by atoms with Crippen molar-refractivity contribution in [1.82, 2.24) is 9.97 Å². The van der Waals surface area contributed by atoms with Gasteiger partial charge in [-0.3, -0.25) is 9.52 Å². The molecule has 4 N–H and O–H groups in total. The Morgan fingerprint density at radius 3 is 2.50 bits per heavy atom. The van der Waals surface area contributed by atoms with Gasteiger partial charge in [0, 0.05) is 4.47 Å². The highest BCUT2D eigenvalue weighted by Gasteiger charge is 2.15. The fourth-order valence-electron chi connectivity index (χ4n) is 1.57. The topological polar surface area (TPSA) is 132 Å². The second kappa shape index (κ2) is 5.29. The first-order chi connectivity index (χ1) is 9.27. The number of carboxylic acid groups (broad SMARTS) is 1. The first kappa shape index (κ1) is 14.6. The molecule has 20 heavy (non-hydrogen) atoms. The van der Waals surface area contributed by atoms with Gasteiger partial charge in [0.15, 0.2) is 0 Å². The van der Waals surface area contributed by atoms with Crippen molar-refractivity contribution >= 4 is 48.6 Å². The summed E-state index contributed by atoms with van der Waals surface area (Å²) in [5.74, 6) is -1.73. The quantitative estimate of drug-likeness (QED) is 0.624. The lowest BCUT2D eigenvalue weighted by Crippen LogP contribution is -2.19. The number of sulfonamides is 1. The second-order valence-corrected chi connectivity index (χ2v) is 6.72. The second-order valence-electron chi connectivity index (χ2n) is 4.02. The van der Waals surface area contributed by atoms with Crippen LogP contribution < -0.4 is 10.4 Å². The largest absolute Gasteiger partial charge is 0.481 e. The van der Waals surface area contributed by atoms with E-state index in [1.165, 1.54) is 6.07 Å². The van der Waals surface area contributed by atoms with E-state index in [-0.39, 0.29) is 5.69 Å². The van der Waals surface area contributed by atoms with Crippen LogP contribution in [0.4, 0.5) is 5.69 Å². The Kier molecular flexibility index (Phi) is 3.86. The molecule has 0 saturated heterocycles. The maximum Gasteiger partial charge on any atom is 0.323 e. The molecular weight excluding hydrogens is 354 g/mol. The third-order valence-electron chi connectivity index (χ3n) is 2.45. The molecule has 0 fully saturated rings. The number of aromatic nitrogens is 2. The van der Waals surface area contributed by atoms with E-state index in [4.69, 9.17) is 5.11 Å². The Hall–Kier alpha value is -1.81. The van der Waals surface area contributed by atoms with E-state index >= 15 is 0 Å². The minimum Gasteiger partial charge on any atom is -0.481 e. The minimum atomic E-state index is -3.78. The molecular formula is C10H10BrN3O5S. The van der Waals surface area contributed by atoms with Gasteiger partial charge in [0.25, 0.3) is 0 Å². The number of aromatic amines is 2. The van der Waals surface area contributed by atoms with Crippen molar-refractivity contribution in [3.63, 3.8) is 0 Å². The maximum atomic E-state index is 11.7. The lowest BCUT2D eigenvalue weighted by molar-refractivity contribution is -0.136. The summed E-state index contributed by atoms with van der Waals surface area (Å²) in [6.45, 7) is 0. The Balaban J connectivity index is 2.31. The van der Waals surface area contributed by atoms with Crippen LogP contribution in [0.25, 0.3) is 11.0 Å². The summed E-state index contributed by atoms with van der Waals surface area (Å²) in [6, 6.07) is 2.98. The number of carbonyl (C=O) groups is 1. The molecule has 0 aliphatic rings. The molecule has 10 heteroatoms. The van der Waals surface area contributed by atoms with E-state index in [1.54, 1.807) is 6.07 Å². The van der Waals surface area contributed by atoms with Crippen molar-refractivity contribution in [3.8, 4) is 0 Å². The van der Waals surface area contributed by atoms with Crippen LogP contribution in [0.5, 0.6) is 0 Å². The highest BCUT2D eigenvalue weighted by molar-refractivity contribution is 9.10. The summed E-state index contributed by atoms with van der Waals surface area (Å²) >= 11 is 3.18. The van der Waals surface area contributed by atoms with Crippen LogP contribution in [0.2, 0.25) is 0 Å². The molecule has 0 bridgehead atoms. The average Bonchev–Trinajstić information content (AvgIpc) is 2.66. The predicted molar refractivity (Wildman–Crippen MR) is 76.3 cm³/mol. The summed E-state index contributed by atoms with van der Waals surface area (Å²) in [6.07, 6.45) is -0.490. The van der Waals surface area contributed by atoms with Gasteiger partial charge in [-0.1, -0.05) is 0 Å². The fraction of sp³-hybridized carbons (Fsp3) is 0.200. The summed E-state index contributed by atoms with van der Waals surface area (Å²) in [4.78, 5) is 26.6. The van der Waals surface area contributed by atoms with Crippen LogP contribution in [0.15, 0.2) is 21.4 Å². The van der Waals surface area contributed by atoms with Gasteiger partial charge in [-0.05, 0) is 28.1 Å². The van der Waals surface area contributed by atoms with Crippen LogP contribution in [-0.2, 0) is 14.8 Å². The number of imidazole rings is 1. The first-order valence-corrected chi connectivity index (χ1v) is 7.85. The predicted octanol–water partition coefficient (Wildman–Crippen LogP) is 0.835. The van der Waals surface area contributed by atoms with Crippen molar-refractivity contribution in [3.05, 3.63) is 27.1 Å². The zero-order chi connectivity index (χ0) is 14.9. The summed E-state index contributed by atoms with van der Waals surface area (Å²) in [7, 11) is -3.78. The van der Waals surface area contributed by atoms with Gasteiger partial charge in [-0.25, -0.2) is 13.2 Å². The van der Waals surface area contributed by atoms with Crippen LogP contribution in [-0.4, -0.2) is 35.2 Å². The molecule has 0 aliphatic heterocycles. The third-order valence-corrected chi connectivity index (χ3v) is 4.38. The first-order valence-electron chi connectivity index (χ1n) is 5.41. The number of anilines is 1. The number of carboxylic acids is 1. The normalized spacial score (nSPS) is 11.7. The highest BCUT2D eigenvalue weighted by atomic mass is 79.9. The van der Waals surface area contributed by atoms with Crippen LogP contribution in [0, 0.1) is 0 Å². The summed E-state index contributed by atoms with van der Waals surface area (Å²) in [5, 5.41) is 8.50.